The Hall–Kier alpha value is -0.570. The van der Waals surface area contributed by atoms with Crippen LogP contribution in [0.15, 0.2) is 0 Å². The molecule has 0 fully saturated rings. The van der Waals surface area contributed by atoms with Crippen LogP contribution in [-0.2, 0) is 4.74 Å². The van der Waals surface area contributed by atoms with Crippen LogP contribution in [-0.4, -0.2) is 34.4 Å². The highest BCUT2D eigenvalue weighted by molar-refractivity contribution is 5.53. The van der Waals surface area contributed by atoms with E-state index in [2.05, 4.69) is 20.8 Å². The van der Waals surface area contributed by atoms with Gasteiger partial charge in [0.05, 0.1) is 17.9 Å². The summed E-state index contributed by atoms with van der Waals surface area (Å²) in [7, 11) is 0. The molecule has 1 atom stereocenters. The summed E-state index contributed by atoms with van der Waals surface area (Å²) in [4.78, 5) is 0. The number of ether oxygens (including phenoxy) is 1. The van der Waals surface area contributed by atoms with Crippen molar-refractivity contribution in [2.45, 2.75) is 59.1 Å². The molecule has 1 rings (SSSR count). The van der Waals surface area contributed by atoms with Gasteiger partial charge in [-0.15, -0.1) is 0 Å². The molecule has 0 saturated carbocycles. The number of rotatable bonds is 3. The van der Waals surface area contributed by atoms with Crippen LogP contribution >= 0.6 is 0 Å². The van der Waals surface area contributed by atoms with Gasteiger partial charge in [0.1, 0.15) is 0 Å². The average Bonchev–Trinajstić information content (AvgIpc) is 2.14. The molecule has 1 unspecified atom stereocenters. The molecule has 0 aromatic rings. The SMILES string of the molecule is CCCOC1CC=[N+](O)C(C)(C)C1(C)C. The Morgan fingerprint density at radius 2 is 2.00 bits per heavy atom. The number of hydrogen-bond donors (Lipinski definition) is 1. The normalized spacial score (nSPS) is 28.6. The van der Waals surface area contributed by atoms with Gasteiger partial charge in [0, 0.05) is 20.5 Å². The second-order valence-corrected chi connectivity index (χ2v) is 5.40. The van der Waals surface area contributed by atoms with Gasteiger partial charge < -0.3 is 4.74 Å². The van der Waals surface area contributed by atoms with Crippen molar-refractivity contribution in [3.63, 3.8) is 0 Å². The van der Waals surface area contributed by atoms with Crippen LogP contribution < -0.4 is 0 Å². The number of hydroxylamine groups is 1. The minimum absolute atomic E-state index is 0.0638. The van der Waals surface area contributed by atoms with Crippen molar-refractivity contribution in [2.24, 2.45) is 5.41 Å². The highest BCUT2D eigenvalue weighted by atomic mass is 16.5. The summed E-state index contributed by atoms with van der Waals surface area (Å²) in [6.45, 7) is 11.3. The van der Waals surface area contributed by atoms with Gasteiger partial charge in [0.2, 0.25) is 5.54 Å². The summed E-state index contributed by atoms with van der Waals surface area (Å²) in [5, 5.41) is 9.84. The van der Waals surface area contributed by atoms with Gasteiger partial charge in [0.25, 0.3) is 0 Å². The molecule has 3 heteroatoms. The second-order valence-electron chi connectivity index (χ2n) is 5.40. The van der Waals surface area contributed by atoms with Crippen molar-refractivity contribution in [3.8, 4) is 0 Å². The van der Waals surface area contributed by atoms with E-state index in [1.165, 1.54) is 4.74 Å². The first kappa shape index (κ1) is 12.5. The maximum Gasteiger partial charge on any atom is 0.213 e. The monoisotopic (exact) mass is 214 g/mol. The van der Waals surface area contributed by atoms with E-state index < -0.39 is 0 Å². The average molecular weight is 214 g/mol. The molecule has 88 valence electrons. The molecule has 0 radical (unpaired) electrons. The van der Waals surface area contributed by atoms with Crippen LogP contribution in [0.5, 0.6) is 0 Å². The first-order chi connectivity index (χ1) is 6.84. The van der Waals surface area contributed by atoms with E-state index in [0.717, 1.165) is 19.4 Å². The Kier molecular flexibility index (Phi) is 3.44. The van der Waals surface area contributed by atoms with Crippen LogP contribution in [0.25, 0.3) is 0 Å². The van der Waals surface area contributed by atoms with Gasteiger partial charge in [-0.25, -0.2) is 0 Å². The fourth-order valence-electron chi connectivity index (χ4n) is 1.94. The highest BCUT2D eigenvalue weighted by Crippen LogP contribution is 2.41. The summed E-state index contributed by atoms with van der Waals surface area (Å²) in [5.74, 6) is 0. The Labute approximate surface area is 92.7 Å². The third-order valence-corrected chi connectivity index (χ3v) is 3.97. The van der Waals surface area contributed by atoms with E-state index in [4.69, 9.17) is 4.74 Å². The molecule has 1 aliphatic heterocycles. The topological polar surface area (TPSA) is 32.5 Å². The fraction of sp³-hybridized carbons (Fsp3) is 0.917. The van der Waals surface area contributed by atoms with Crippen molar-refractivity contribution < 1.29 is 14.7 Å². The van der Waals surface area contributed by atoms with Crippen molar-refractivity contribution in [2.75, 3.05) is 6.61 Å². The smallest absolute Gasteiger partial charge is 0.213 e. The van der Waals surface area contributed by atoms with Crippen molar-refractivity contribution in [1.82, 2.24) is 0 Å². The summed E-state index contributed by atoms with van der Waals surface area (Å²) in [6.07, 6.45) is 3.84. The highest BCUT2D eigenvalue weighted by Gasteiger charge is 2.55. The lowest BCUT2D eigenvalue weighted by Crippen LogP contribution is -2.58. The van der Waals surface area contributed by atoms with Crippen LogP contribution in [0, 0.1) is 5.41 Å². The standard InChI is InChI=1S/C12H24NO2/c1-6-9-15-10-7-8-13(14)12(4,5)11(10,2)3/h8,10,14H,6-7,9H2,1-5H3/q+1. The molecule has 0 aromatic heterocycles. The summed E-state index contributed by atoms with van der Waals surface area (Å²) in [6, 6.07) is 0. The van der Waals surface area contributed by atoms with E-state index in [-0.39, 0.29) is 17.1 Å². The predicted octanol–water partition coefficient (Wildman–Crippen LogP) is 2.46. The van der Waals surface area contributed by atoms with E-state index in [1.54, 1.807) is 0 Å². The van der Waals surface area contributed by atoms with Crippen LogP contribution in [0.1, 0.15) is 47.5 Å². The van der Waals surface area contributed by atoms with E-state index in [0.29, 0.717) is 0 Å². The van der Waals surface area contributed by atoms with Gasteiger partial charge >= 0.3 is 0 Å². The summed E-state index contributed by atoms with van der Waals surface area (Å²) in [5.41, 5.74) is -0.352. The van der Waals surface area contributed by atoms with Crippen molar-refractivity contribution >= 4 is 6.21 Å². The molecule has 0 spiro atoms. The maximum atomic E-state index is 9.84. The molecule has 0 saturated heterocycles. The van der Waals surface area contributed by atoms with Gasteiger partial charge in [0.15, 0.2) is 6.21 Å². The predicted molar refractivity (Wildman–Crippen MR) is 60.6 cm³/mol. The van der Waals surface area contributed by atoms with E-state index in [1.807, 2.05) is 20.1 Å². The summed E-state index contributed by atoms with van der Waals surface area (Å²) < 4.78 is 7.19. The number of hydrogen-bond acceptors (Lipinski definition) is 2. The first-order valence-corrected chi connectivity index (χ1v) is 5.77. The Morgan fingerprint density at radius 1 is 1.40 bits per heavy atom. The minimum Gasteiger partial charge on any atom is -0.377 e. The largest absolute Gasteiger partial charge is 0.377 e. The second kappa shape index (κ2) is 4.12. The zero-order valence-corrected chi connectivity index (χ0v) is 10.6. The molecule has 1 aliphatic rings. The van der Waals surface area contributed by atoms with Crippen molar-refractivity contribution in [1.29, 1.82) is 0 Å². The van der Waals surface area contributed by atoms with Crippen LogP contribution in [0.4, 0.5) is 0 Å². The lowest BCUT2D eigenvalue weighted by molar-refractivity contribution is -0.833. The Morgan fingerprint density at radius 3 is 2.53 bits per heavy atom. The molecule has 0 amide bonds. The third-order valence-electron chi connectivity index (χ3n) is 3.97. The molecule has 15 heavy (non-hydrogen) atoms. The van der Waals surface area contributed by atoms with Gasteiger partial charge in [-0.05, 0) is 11.2 Å². The zero-order chi connectivity index (χ0) is 11.7. The zero-order valence-electron chi connectivity index (χ0n) is 10.6. The van der Waals surface area contributed by atoms with Gasteiger partial charge in [-0.1, -0.05) is 20.8 Å². The quantitative estimate of drug-likeness (QED) is 0.578. The van der Waals surface area contributed by atoms with Gasteiger partial charge in [-0.2, -0.15) is 0 Å². The molecular weight excluding hydrogens is 190 g/mol. The van der Waals surface area contributed by atoms with Crippen LogP contribution in [0.3, 0.4) is 0 Å². The fourth-order valence-corrected chi connectivity index (χ4v) is 1.94. The molecule has 0 aromatic carbocycles. The van der Waals surface area contributed by atoms with Gasteiger partial charge in [-0.3, -0.25) is 5.21 Å². The lowest BCUT2D eigenvalue weighted by Gasteiger charge is -2.42. The lowest BCUT2D eigenvalue weighted by atomic mass is 9.68. The Balaban J connectivity index is 2.86. The third kappa shape index (κ3) is 2.03. The van der Waals surface area contributed by atoms with Crippen LogP contribution in [0.2, 0.25) is 0 Å². The molecule has 3 nitrogen and oxygen atoms in total. The molecule has 1 heterocycles. The summed E-state index contributed by atoms with van der Waals surface area (Å²) >= 11 is 0. The van der Waals surface area contributed by atoms with Crippen molar-refractivity contribution in [3.05, 3.63) is 0 Å². The maximum absolute atomic E-state index is 9.84. The molecular formula is C12H24NO2+. The van der Waals surface area contributed by atoms with E-state index >= 15 is 0 Å². The molecule has 0 bridgehead atoms. The molecule has 0 aliphatic carbocycles. The Bertz CT molecular complexity index is 256. The first-order valence-electron chi connectivity index (χ1n) is 5.77. The minimum atomic E-state index is -0.288. The van der Waals surface area contributed by atoms with E-state index in [9.17, 15) is 5.21 Å². The molecule has 1 N–H and O–H groups in total. The number of nitrogens with zero attached hydrogens (tertiary/aromatic N) is 1.